The van der Waals surface area contributed by atoms with Crippen LogP contribution in [0.1, 0.15) is 25.3 Å². The van der Waals surface area contributed by atoms with Gasteiger partial charge in [0, 0.05) is 5.75 Å². The SMILES string of the molecule is CCCNCCc1cc(OC)c(SCCC(F)(F)F)cc1OC. The molecule has 3 nitrogen and oxygen atoms in total. The van der Waals surface area contributed by atoms with Gasteiger partial charge in [0.2, 0.25) is 0 Å². The fourth-order valence-electron chi connectivity index (χ4n) is 2.04. The topological polar surface area (TPSA) is 30.5 Å². The minimum absolute atomic E-state index is 0.0413. The van der Waals surface area contributed by atoms with E-state index in [1.54, 1.807) is 13.2 Å². The maximum absolute atomic E-state index is 12.3. The maximum atomic E-state index is 12.3. The highest BCUT2D eigenvalue weighted by atomic mass is 32.2. The van der Waals surface area contributed by atoms with Gasteiger partial charge >= 0.3 is 6.18 Å². The average molecular weight is 351 g/mol. The van der Waals surface area contributed by atoms with Crippen molar-refractivity contribution in [2.75, 3.05) is 33.1 Å². The highest BCUT2D eigenvalue weighted by Crippen LogP contribution is 2.37. The molecule has 0 saturated carbocycles. The Morgan fingerprint density at radius 1 is 1.09 bits per heavy atom. The first-order valence-corrected chi connectivity index (χ1v) is 8.55. The van der Waals surface area contributed by atoms with Crippen molar-refractivity contribution < 1.29 is 22.6 Å². The van der Waals surface area contributed by atoms with Crippen LogP contribution in [0, 0.1) is 0 Å². The van der Waals surface area contributed by atoms with Crippen molar-refractivity contribution in [3.63, 3.8) is 0 Å². The minimum Gasteiger partial charge on any atom is -0.496 e. The zero-order chi connectivity index (χ0) is 17.3. The lowest BCUT2D eigenvalue weighted by Gasteiger charge is -2.15. The second-order valence-electron chi connectivity index (χ2n) is 5.03. The predicted octanol–water partition coefficient (Wildman–Crippen LogP) is 4.29. The maximum Gasteiger partial charge on any atom is 0.389 e. The standard InChI is InChI=1S/C16H24F3NO2S/c1-4-7-20-8-5-12-10-14(22-3)15(11-13(12)21-2)23-9-6-16(17,18)19/h10-11,20H,4-9H2,1-3H3. The molecular weight excluding hydrogens is 327 g/mol. The van der Waals surface area contributed by atoms with Crippen molar-refractivity contribution in [2.24, 2.45) is 0 Å². The molecule has 0 atom stereocenters. The summed E-state index contributed by atoms with van der Waals surface area (Å²) in [6, 6.07) is 3.61. The molecule has 0 spiro atoms. The average Bonchev–Trinajstić information content (AvgIpc) is 2.50. The Morgan fingerprint density at radius 3 is 2.35 bits per heavy atom. The van der Waals surface area contributed by atoms with E-state index in [9.17, 15) is 13.2 Å². The molecule has 0 bridgehead atoms. The van der Waals surface area contributed by atoms with Crippen LogP contribution in [0.5, 0.6) is 11.5 Å². The third kappa shape index (κ3) is 7.35. The Morgan fingerprint density at radius 2 is 1.78 bits per heavy atom. The number of rotatable bonds is 10. The molecule has 0 heterocycles. The summed E-state index contributed by atoms with van der Waals surface area (Å²) in [6.45, 7) is 3.86. The van der Waals surface area contributed by atoms with Gasteiger partial charge in [-0.3, -0.25) is 0 Å². The van der Waals surface area contributed by atoms with Gasteiger partial charge in [-0.25, -0.2) is 0 Å². The number of halogens is 3. The van der Waals surface area contributed by atoms with Gasteiger partial charge in [0.1, 0.15) is 11.5 Å². The summed E-state index contributed by atoms with van der Waals surface area (Å²) in [5, 5.41) is 3.31. The second-order valence-corrected chi connectivity index (χ2v) is 6.17. The van der Waals surface area contributed by atoms with Crippen LogP contribution in [-0.4, -0.2) is 39.2 Å². The van der Waals surface area contributed by atoms with E-state index in [-0.39, 0.29) is 5.75 Å². The summed E-state index contributed by atoms with van der Waals surface area (Å²) in [7, 11) is 3.09. The first-order valence-electron chi connectivity index (χ1n) is 7.56. The molecule has 23 heavy (non-hydrogen) atoms. The molecule has 0 aliphatic carbocycles. The summed E-state index contributed by atoms with van der Waals surface area (Å²) in [4.78, 5) is 0.666. The third-order valence-corrected chi connectivity index (χ3v) is 4.25. The van der Waals surface area contributed by atoms with Gasteiger partial charge in [0.15, 0.2) is 0 Å². The van der Waals surface area contributed by atoms with Gasteiger partial charge in [-0.2, -0.15) is 13.2 Å². The molecule has 1 N–H and O–H groups in total. The minimum atomic E-state index is -4.14. The molecule has 0 aliphatic rings. The lowest BCUT2D eigenvalue weighted by molar-refractivity contribution is -0.129. The van der Waals surface area contributed by atoms with E-state index in [2.05, 4.69) is 12.2 Å². The van der Waals surface area contributed by atoms with Crippen molar-refractivity contribution in [1.82, 2.24) is 5.32 Å². The zero-order valence-electron chi connectivity index (χ0n) is 13.8. The molecule has 0 amide bonds. The summed E-state index contributed by atoms with van der Waals surface area (Å²) in [6.07, 6.45) is -3.14. The predicted molar refractivity (Wildman–Crippen MR) is 87.8 cm³/mol. The van der Waals surface area contributed by atoms with Crippen LogP contribution in [0.3, 0.4) is 0 Å². The van der Waals surface area contributed by atoms with Crippen LogP contribution in [0.25, 0.3) is 0 Å². The van der Waals surface area contributed by atoms with Gasteiger partial charge in [-0.1, -0.05) is 6.92 Å². The molecule has 0 aromatic heterocycles. The Balaban J connectivity index is 2.79. The highest BCUT2D eigenvalue weighted by Gasteiger charge is 2.26. The van der Waals surface area contributed by atoms with Crippen LogP contribution in [0.15, 0.2) is 17.0 Å². The van der Waals surface area contributed by atoms with Crippen molar-refractivity contribution in [3.05, 3.63) is 17.7 Å². The van der Waals surface area contributed by atoms with E-state index < -0.39 is 12.6 Å². The largest absolute Gasteiger partial charge is 0.496 e. The fourth-order valence-corrected chi connectivity index (χ4v) is 3.07. The van der Waals surface area contributed by atoms with Crippen molar-refractivity contribution in [1.29, 1.82) is 0 Å². The summed E-state index contributed by atoms with van der Waals surface area (Å²) < 4.78 is 47.5. The summed E-state index contributed by atoms with van der Waals surface area (Å²) >= 11 is 1.13. The van der Waals surface area contributed by atoms with Crippen LogP contribution in [0.2, 0.25) is 0 Å². The summed E-state index contributed by atoms with van der Waals surface area (Å²) in [5.41, 5.74) is 0.980. The number of ether oxygens (including phenoxy) is 2. The van der Waals surface area contributed by atoms with Crippen LogP contribution in [-0.2, 0) is 6.42 Å². The molecule has 0 saturated heterocycles. The van der Waals surface area contributed by atoms with Crippen LogP contribution in [0.4, 0.5) is 13.2 Å². The number of nitrogens with one attached hydrogen (secondary N) is 1. The number of benzene rings is 1. The van der Waals surface area contributed by atoms with Gasteiger partial charge in [0.05, 0.1) is 25.5 Å². The number of hydrogen-bond acceptors (Lipinski definition) is 4. The van der Waals surface area contributed by atoms with E-state index in [0.717, 1.165) is 43.3 Å². The van der Waals surface area contributed by atoms with E-state index in [1.165, 1.54) is 7.11 Å². The molecule has 1 aromatic carbocycles. The van der Waals surface area contributed by atoms with Crippen LogP contribution >= 0.6 is 11.8 Å². The second kappa shape index (κ2) is 9.93. The van der Waals surface area contributed by atoms with Crippen LogP contribution < -0.4 is 14.8 Å². The monoisotopic (exact) mass is 351 g/mol. The molecule has 1 aromatic rings. The molecule has 0 aliphatic heterocycles. The smallest absolute Gasteiger partial charge is 0.389 e. The first-order chi connectivity index (χ1) is 10.9. The molecule has 0 fully saturated rings. The van der Waals surface area contributed by atoms with Gasteiger partial charge in [0.25, 0.3) is 0 Å². The Bertz CT molecular complexity index is 481. The number of thioether (sulfide) groups is 1. The molecular formula is C16H24F3NO2S. The summed E-state index contributed by atoms with van der Waals surface area (Å²) in [5.74, 6) is 1.22. The Kier molecular flexibility index (Phi) is 8.62. The first kappa shape index (κ1) is 20.0. The van der Waals surface area contributed by atoms with Gasteiger partial charge in [-0.05, 0) is 43.6 Å². The lowest BCUT2D eigenvalue weighted by Crippen LogP contribution is -2.18. The third-order valence-electron chi connectivity index (χ3n) is 3.21. The van der Waals surface area contributed by atoms with Crippen molar-refractivity contribution >= 4 is 11.8 Å². The van der Waals surface area contributed by atoms with Crippen molar-refractivity contribution in [3.8, 4) is 11.5 Å². The number of hydrogen-bond donors (Lipinski definition) is 1. The van der Waals surface area contributed by atoms with E-state index in [4.69, 9.17) is 9.47 Å². The van der Waals surface area contributed by atoms with Gasteiger partial charge in [-0.15, -0.1) is 11.8 Å². The number of alkyl halides is 3. The van der Waals surface area contributed by atoms with E-state index >= 15 is 0 Å². The van der Waals surface area contributed by atoms with E-state index in [1.807, 2.05) is 6.07 Å². The lowest BCUT2D eigenvalue weighted by atomic mass is 10.1. The number of methoxy groups -OCH3 is 2. The normalized spacial score (nSPS) is 11.6. The highest BCUT2D eigenvalue weighted by molar-refractivity contribution is 7.99. The Labute approximate surface area is 139 Å². The van der Waals surface area contributed by atoms with Crippen molar-refractivity contribution in [2.45, 2.75) is 37.3 Å². The molecule has 132 valence electrons. The molecule has 0 radical (unpaired) electrons. The Hall–Kier alpha value is -1.08. The van der Waals surface area contributed by atoms with E-state index in [0.29, 0.717) is 16.4 Å². The quantitative estimate of drug-likeness (QED) is 0.503. The zero-order valence-corrected chi connectivity index (χ0v) is 14.6. The van der Waals surface area contributed by atoms with Gasteiger partial charge < -0.3 is 14.8 Å². The molecule has 0 unspecified atom stereocenters. The molecule has 7 heteroatoms. The fraction of sp³-hybridized carbons (Fsp3) is 0.625. The molecule has 1 rings (SSSR count).